The van der Waals surface area contributed by atoms with Crippen molar-refractivity contribution in [2.24, 2.45) is 0 Å². The molecule has 1 aliphatic rings. The fourth-order valence-electron chi connectivity index (χ4n) is 2.60. The largest absolute Gasteiger partial charge is 0.390 e. The zero-order valence-corrected chi connectivity index (χ0v) is 11.5. The molecular weight excluding hydrogens is 228 g/mol. The average molecular weight is 252 g/mol. The summed E-state index contributed by atoms with van der Waals surface area (Å²) in [5, 5.41) is 18.1. The highest BCUT2D eigenvalue weighted by atomic mass is 16.3. The molecule has 0 spiro atoms. The van der Waals surface area contributed by atoms with E-state index in [4.69, 9.17) is 0 Å². The molecule has 1 aliphatic carbocycles. The van der Waals surface area contributed by atoms with Gasteiger partial charge in [0.2, 0.25) is 0 Å². The van der Waals surface area contributed by atoms with Crippen LogP contribution in [0.15, 0.2) is 6.33 Å². The van der Waals surface area contributed by atoms with Gasteiger partial charge in [-0.05, 0) is 33.2 Å². The summed E-state index contributed by atoms with van der Waals surface area (Å²) < 4.78 is 2.06. The molecule has 1 fully saturated rings. The Morgan fingerprint density at radius 1 is 1.39 bits per heavy atom. The first-order valence-electron chi connectivity index (χ1n) is 6.84. The molecule has 0 saturated heterocycles. The first-order valence-corrected chi connectivity index (χ1v) is 6.84. The van der Waals surface area contributed by atoms with Gasteiger partial charge in [0.1, 0.15) is 12.2 Å². The van der Waals surface area contributed by atoms with Gasteiger partial charge in [-0.3, -0.25) is 0 Å². The Morgan fingerprint density at radius 2 is 2.11 bits per heavy atom. The lowest BCUT2D eigenvalue weighted by Gasteiger charge is -2.25. The van der Waals surface area contributed by atoms with Crippen LogP contribution >= 0.6 is 0 Å². The molecule has 5 heteroatoms. The maximum Gasteiger partial charge on any atom is 0.129 e. The molecule has 0 bridgehead atoms. The van der Waals surface area contributed by atoms with Crippen LogP contribution in [0.2, 0.25) is 0 Å². The molecule has 0 radical (unpaired) electrons. The van der Waals surface area contributed by atoms with Gasteiger partial charge in [-0.15, -0.1) is 10.2 Å². The third-order valence-corrected chi connectivity index (χ3v) is 4.02. The van der Waals surface area contributed by atoms with Crippen molar-refractivity contribution < 1.29 is 5.11 Å². The minimum absolute atomic E-state index is 0.388. The monoisotopic (exact) mass is 252 g/mol. The van der Waals surface area contributed by atoms with Crippen molar-refractivity contribution in [1.29, 1.82) is 0 Å². The zero-order chi connectivity index (χ0) is 13.0. The molecule has 1 aromatic heterocycles. The summed E-state index contributed by atoms with van der Waals surface area (Å²) >= 11 is 0. The maximum atomic E-state index is 10.3. The normalized spacial score (nSPS) is 18.7. The summed E-state index contributed by atoms with van der Waals surface area (Å²) in [4.78, 5) is 2.27. The Bertz CT molecular complexity index is 371. The van der Waals surface area contributed by atoms with Crippen molar-refractivity contribution in [2.75, 3.05) is 20.1 Å². The van der Waals surface area contributed by atoms with Gasteiger partial charge in [-0.1, -0.05) is 12.8 Å². The highest BCUT2D eigenvalue weighted by molar-refractivity contribution is 4.85. The lowest BCUT2D eigenvalue weighted by molar-refractivity contribution is 0.0301. The van der Waals surface area contributed by atoms with Gasteiger partial charge in [-0.2, -0.15) is 0 Å². The third-order valence-electron chi connectivity index (χ3n) is 4.02. The van der Waals surface area contributed by atoms with Crippen LogP contribution in [-0.4, -0.2) is 50.5 Å². The van der Waals surface area contributed by atoms with E-state index in [1.165, 1.54) is 12.8 Å². The number of likely N-dealkylation sites (N-methyl/N-ethyl adjacent to an activating group) is 1. The Labute approximate surface area is 109 Å². The van der Waals surface area contributed by atoms with Gasteiger partial charge >= 0.3 is 0 Å². The Hall–Kier alpha value is -0.940. The van der Waals surface area contributed by atoms with Crippen LogP contribution in [0.5, 0.6) is 0 Å². The second kappa shape index (κ2) is 5.80. The number of aryl methyl sites for hydroxylation is 1. The highest BCUT2D eigenvalue weighted by Crippen LogP contribution is 2.32. The van der Waals surface area contributed by atoms with Crippen LogP contribution in [0.1, 0.15) is 37.9 Å². The fraction of sp³-hybridized carbons (Fsp3) is 0.846. The van der Waals surface area contributed by atoms with Crippen LogP contribution in [0.3, 0.4) is 0 Å². The molecule has 0 unspecified atom stereocenters. The minimum Gasteiger partial charge on any atom is -0.390 e. The SMILES string of the molecule is Cc1nncn1CCN(C)CCC1(O)CCCC1. The van der Waals surface area contributed by atoms with Crippen molar-refractivity contribution in [2.45, 2.75) is 51.2 Å². The molecule has 0 atom stereocenters. The first-order chi connectivity index (χ1) is 8.59. The second-order valence-corrected chi connectivity index (χ2v) is 5.56. The van der Waals surface area contributed by atoms with Crippen molar-refractivity contribution in [3.8, 4) is 0 Å². The summed E-state index contributed by atoms with van der Waals surface area (Å²) in [6.45, 7) is 4.80. The quantitative estimate of drug-likeness (QED) is 0.827. The van der Waals surface area contributed by atoms with E-state index in [0.29, 0.717) is 0 Å². The molecule has 5 nitrogen and oxygen atoms in total. The van der Waals surface area contributed by atoms with E-state index in [1.54, 1.807) is 6.33 Å². The molecule has 18 heavy (non-hydrogen) atoms. The van der Waals surface area contributed by atoms with Crippen molar-refractivity contribution in [3.05, 3.63) is 12.2 Å². The van der Waals surface area contributed by atoms with Gasteiger partial charge < -0.3 is 14.6 Å². The molecule has 1 aromatic rings. The van der Waals surface area contributed by atoms with E-state index in [-0.39, 0.29) is 5.60 Å². The molecule has 0 amide bonds. The predicted molar refractivity (Wildman–Crippen MR) is 70.3 cm³/mol. The molecule has 1 heterocycles. The fourth-order valence-corrected chi connectivity index (χ4v) is 2.60. The summed E-state index contributed by atoms with van der Waals surface area (Å²) in [5.74, 6) is 0.956. The standard InChI is InChI=1S/C13H24N4O/c1-12-15-14-11-17(12)10-9-16(2)8-7-13(18)5-3-4-6-13/h11,18H,3-10H2,1-2H3. The van der Waals surface area contributed by atoms with E-state index in [9.17, 15) is 5.11 Å². The maximum absolute atomic E-state index is 10.3. The van der Waals surface area contributed by atoms with E-state index >= 15 is 0 Å². The van der Waals surface area contributed by atoms with Crippen molar-refractivity contribution in [1.82, 2.24) is 19.7 Å². The number of aromatic nitrogens is 3. The predicted octanol–water partition coefficient (Wildman–Crippen LogP) is 1.21. The smallest absolute Gasteiger partial charge is 0.129 e. The van der Waals surface area contributed by atoms with Crippen LogP contribution in [0, 0.1) is 6.92 Å². The topological polar surface area (TPSA) is 54.2 Å². The Morgan fingerprint density at radius 3 is 2.72 bits per heavy atom. The number of hydrogen-bond donors (Lipinski definition) is 1. The van der Waals surface area contributed by atoms with E-state index in [2.05, 4.69) is 26.7 Å². The first kappa shape index (κ1) is 13.5. The Kier molecular flexibility index (Phi) is 4.35. The van der Waals surface area contributed by atoms with Crippen molar-refractivity contribution in [3.63, 3.8) is 0 Å². The van der Waals surface area contributed by atoms with Gasteiger partial charge in [-0.25, -0.2) is 0 Å². The summed E-state index contributed by atoms with van der Waals surface area (Å²) in [6, 6.07) is 0. The molecule has 2 rings (SSSR count). The van der Waals surface area contributed by atoms with Crippen LogP contribution in [-0.2, 0) is 6.54 Å². The number of nitrogens with zero attached hydrogens (tertiary/aromatic N) is 4. The third kappa shape index (κ3) is 3.53. The molecule has 0 aromatic carbocycles. The van der Waals surface area contributed by atoms with E-state index in [0.717, 1.165) is 44.7 Å². The molecule has 0 aliphatic heterocycles. The van der Waals surface area contributed by atoms with E-state index < -0.39 is 0 Å². The average Bonchev–Trinajstić information content (AvgIpc) is 2.94. The molecule has 1 saturated carbocycles. The van der Waals surface area contributed by atoms with Crippen LogP contribution < -0.4 is 0 Å². The van der Waals surface area contributed by atoms with Crippen molar-refractivity contribution >= 4 is 0 Å². The number of aliphatic hydroxyl groups is 1. The minimum atomic E-state index is -0.388. The van der Waals surface area contributed by atoms with Crippen LogP contribution in [0.25, 0.3) is 0 Å². The summed E-state index contributed by atoms with van der Waals surface area (Å²) in [5.41, 5.74) is -0.388. The van der Waals surface area contributed by atoms with Gasteiger partial charge in [0.25, 0.3) is 0 Å². The lowest BCUT2D eigenvalue weighted by Crippen LogP contribution is -2.32. The van der Waals surface area contributed by atoms with Gasteiger partial charge in [0, 0.05) is 19.6 Å². The number of rotatable bonds is 6. The highest BCUT2D eigenvalue weighted by Gasteiger charge is 2.30. The second-order valence-electron chi connectivity index (χ2n) is 5.56. The van der Waals surface area contributed by atoms with E-state index in [1.807, 2.05) is 6.92 Å². The Balaban J connectivity index is 1.69. The number of hydrogen-bond acceptors (Lipinski definition) is 4. The molecule has 1 N–H and O–H groups in total. The van der Waals surface area contributed by atoms with Gasteiger partial charge in [0.05, 0.1) is 5.60 Å². The summed E-state index contributed by atoms with van der Waals surface area (Å²) in [7, 11) is 2.11. The molecule has 102 valence electrons. The van der Waals surface area contributed by atoms with Crippen LogP contribution in [0.4, 0.5) is 0 Å². The molecular formula is C13H24N4O. The zero-order valence-electron chi connectivity index (χ0n) is 11.5. The lowest BCUT2D eigenvalue weighted by atomic mass is 9.98. The summed E-state index contributed by atoms with van der Waals surface area (Å²) in [6.07, 6.45) is 6.98. The van der Waals surface area contributed by atoms with Gasteiger partial charge in [0.15, 0.2) is 0 Å².